The fraction of sp³-hybridized carbons (Fsp3) is 0.651. The van der Waals surface area contributed by atoms with E-state index in [9.17, 15) is 58.2 Å². The number of amides is 9. The first kappa shape index (κ1) is 65.3. The molecular formula is C43H78N20O12. The van der Waals surface area contributed by atoms with Crippen LogP contribution in [0.5, 0.6) is 0 Å². The molecule has 0 radical (unpaired) electrons. The van der Waals surface area contributed by atoms with Gasteiger partial charge < -0.3 is 104 Å². The number of primary amides is 2. The number of nitrogens with zero attached hydrogens (tertiary/aromatic N) is 3. The summed E-state index contributed by atoms with van der Waals surface area (Å²) in [7, 11) is 0. The molecule has 0 spiro atoms. The van der Waals surface area contributed by atoms with Crippen LogP contribution in [0.15, 0.2) is 22.5 Å². The average Bonchev–Trinajstić information content (AvgIpc) is 3.85. The molecule has 1 aromatic heterocycles. The Bertz CT molecular complexity index is 2080. The lowest BCUT2D eigenvalue weighted by atomic mass is 10.0. The van der Waals surface area contributed by atoms with Crippen molar-refractivity contribution in [2.24, 2.45) is 61.6 Å². The lowest BCUT2D eigenvalue weighted by molar-refractivity contribution is -0.143. The topological polar surface area (TPSA) is 583 Å². The van der Waals surface area contributed by atoms with Gasteiger partial charge in [-0.15, -0.1) is 0 Å². The molecule has 1 heterocycles. The third-order valence-electron chi connectivity index (χ3n) is 11.0. The largest absolute Gasteiger partial charge is 0.480 e. The minimum atomic E-state index is -1.75. The molecule has 0 aromatic carbocycles. The maximum absolute atomic E-state index is 14.3. The minimum absolute atomic E-state index is 0.0125. The molecule has 32 nitrogen and oxygen atoms in total. The summed E-state index contributed by atoms with van der Waals surface area (Å²) in [6.07, 6.45) is 0.817. The van der Waals surface area contributed by atoms with Crippen molar-refractivity contribution in [3.05, 3.63) is 18.2 Å². The fourth-order valence-corrected chi connectivity index (χ4v) is 7.01. The van der Waals surface area contributed by atoms with Crippen LogP contribution in [0.4, 0.5) is 0 Å². The quantitative estimate of drug-likeness (QED) is 0.0165. The Balaban J connectivity index is 3.58. The highest BCUT2D eigenvalue weighted by Crippen LogP contribution is 2.11. The smallest absolute Gasteiger partial charge is 0.326 e. The van der Waals surface area contributed by atoms with E-state index in [2.05, 4.69) is 57.2 Å². The lowest BCUT2D eigenvalue weighted by Crippen LogP contribution is -2.61. The van der Waals surface area contributed by atoms with Crippen LogP contribution < -0.4 is 88.8 Å². The summed E-state index contributed by atoms with van der Waals surface area (Å²) in [4.78, 5) is 146. The summed E-state index contributed by atoms with van der Waals surface area (Å²) >= 11 is 0. The summed E-state index contributed by atoms with van der Waals surface area (Å²) < 4.78 is 0. The number of carbonyl (C=O) groups is 10. The van der Waals surface area contributed by atoms with Crippen molar-refractivity contribution in [3.8, 4) is 0 Å². The van der Waals surface area contributed by atoms with Crippen LogP contribution in [-0.4, -0.2) is 172 Å². The Hall–Kier alpha value is -7.71. The second-order valence-corrected chi connectivity index (χ2v) is 17.5. The highest BCUT2D eigenvalue weighted by molar-refractivity contribution is 5.98. The monoisotopic (exact) mass is 1070 g/mol. The van der Waals surface area contributed by atoms with Crippen molar-refractivity contribution in [2.45, 2.75) is 151 Å². The van der Waals surface area contributed by atoms with E-state index in [1.54, 1.807) is 0 Å². The van der Waals surface area contributed by atoms with Crippen molar-refractivity contribution in [1.29, 1.82) is 0 Å². The van der Waals surface area contributed by atoms with Gasteiger partial charge >= 0.3 is 5.97 Å². The number of aliphatic imine (C=N–C) groups is 2. The zero-order valence-corrected chi connectivity index (χ0v) is 42.1. The molecule has 0 bridgehead atoms. The van der Waals surface area contributed by atoms with Gasteiger partial charge in [0.1, 0.15) is 42.3 Å². The number of carbonyl (C=O) groups excluding carboxylic acids is 9. The molecule has 0 aliphatic rings. The van der Waals surface area contributed by atoms with Crippen LogP contribution in [0.2, 0.25) is 0 Å². The van der Waals surface area contributed by atoms with Crippen LogP contribution in [0.3, 0.4) is 0 Å². The van der Waals surface area contributed by atoms with Crippen molar-refractivity contribution in [3.63, 3.8) is 0 Å². The molecule has 75 heavy (non-hydrogen) atoms. The number of rotatable bonds is 39. The predicted molar refractivity (Wildman–Crippen MR) is 271 cm³/mol. The van der Waals surface area contributed by atoms with Crippen LogP contribution in [-0.2, 0) is 54.4 Å². The van der Waals surface area contributed by atoms with E-state index in [1.807, 2.05) is 0 Å². The van der Waals surface area contributed by atoms with Gasteiger partial charge in [-0.05, 0) is 90.6 Å². The molecule has 9 atom stereocenters. The molecule has 0 fully saturated rings. The Morgan fingerprint density at radius 1 is 0.560 bits per heavy atom. The normalized spacial score (nSPS) is 14.5. The molecule has 0 aliphatic carbocycles. The number of nitrogens with one attached hydrogen (secondary N) is 8. The molecule has 1 rings (SSSR count). The van der Waals surface area contributed by atoms with Gasteiger partial charge in [0.2, 0.25) is 53.2 Å². The molecule has 0 saturated carbocycles. The van der Waals surface area contributed by atoms with Gasteiger partial charge in [-0.3, -0.25) is 53.1 Å². The molecule has 0 saturated heterocycles. The first-order valence-corrected chi connectivity index (χ1v) is 24.2. The Morgan fingerprint density at radius 3 is 1.37 bits per heavy atom. The molecule has 28 N–H and O–H groups in total. The van der Waals surface area contributed by atoms with E-state index >= 15 is 0 Å². The molecule has 1 aromatic rings. The number of hydrogen-bond acceptors (Lipinski definition) is 17. The second kappa shape index (κ2) is 35.4. The van der Waals surface area contributed by atoms with Crippen LogP contribution >= 0.6 is 0 Å². The number of guanidine groups is 2. The van der Waals surface area contributed by atoms with E-state index in [4.69, 9.17) is 51.6 Å². The average molecular weight is 1070 g/mol. The minimum Gasteiger partial charge on any atom is -0.480 e. The van der Waals surface area contributed by atoms with E-state index in [1.165, 1.54) is 19.4 Å². The van der Waals surface area contributed by atoms with Gasteiger partial charge in [0.25, 0.3) is 0 Å². The van der Waals surface area contributed by atoms with Crippen LogP contribution in [0, 0.1) is 0 Å². The summed E-state index contributed by atoms with van der Waals surface area (Å²) in [5.74, 6) is -10.4. The summed E-state index contributed by atoms with van der Waals surface area (Å²) in [5, 5.41) is 37.7. The van der Waals surface area contributed by atoms with Crippen molar-refractivity contribution in [2.75, 3.05) is 26.2 Å². The number of carboxylic acid groups (broad SMARTS) is 1. The molecule has 0 aliphatic heterocycles. The third-order valence-corrected chi connectivity index (χ3v) is 11.0. The van der Waals surface area contributed by atoms with Gasteiger partial charge in [-0.2, -0.15) is 0 Å². The number of aliphatic carboxylic acids is 1. The number of nitrogens with two attached hydrogens (primary N) is 9. The number of aliphatic hydroxyl groups excluding tert-OH is 1. The van der Waals surface area contributed by atoms with Gasteiger partial charge in [0.15, 0.2) is 11.9 Å². The number of aliphatic hydroxyl groups is 1. The highest BCUT2D eigenvalue weighted by Gasteiger charge is 2.36. The first-order chi connectivity index (χ1) is 35.4. The van der Waals surface area contributed by atoms with Crippen LogP contribution in [0.25, 0.3) is 0 Å². The summed E-state index contributed by atoms with van der Waals surface area (Å²) in [6, 6.07) is -11.9. The fourth-order valence-electron chi connectivity index (χ4n) is 7.01. The SMILES string of the molecule is CC(O)C(NC(=O)C(CCCN=C(N)N)NC(=O)C(N)CCC(N)=O)C(=O)NC(CCCCN)C(=O)NC(CCCN=C(N)N)C(=O)NC(CCCCN)C(=O)NC(Cc1cnc[nH]1)C(=O)NC(CC(N)=O)C(=O)O. The molecular weight excluding hydrogens is 989 g/mol. The maximum atomic E-state index is 14.3. The molecule has 9 amide bonds. The highest BCUT2D eigenvalue weighted by atomic mass is 16.4. The number of aromatic amines is 1. The van der Waals surface area contributed by atoms with Gasteiger partial charge in [-0.25, -0.2) is 9.78 Å². The third kappa shape index (κ3) is 27.2. The van der Waals surface area contributed by atoms with E-state index in [0.717, 1.165) is 0 Å². The number of hydrogen-bond donors (Lipinski definition) is 19. The Labute approximate surface area is 432 Å². The summed E-state index contributed by atoms with van der Waals surface area (Å²) in [5.41, 5.74) is 49.9. The van der Waals surface area contributed by atoms with Crippen LogP contribution in [0.1, 0.15) is 96.1 Å². The number of imidazole rings is 1. The van der Waals surface area contributed by atoms with Gasteiger partial charge in [-0.1, -0.05) is 0 Å². The zero-order valence-electron chi connectivity index (χ0n) is 42.1. The number of carboxylic acids is 1. The number of H-pyrrole nitrogens is 1. The van der Waals surface area contributed by atoms with Crippen molar-refractivity contribution >= 4 is 71.1 Å². The Kier molecular flexibility index (Phi) is 30.9. The molecule has 422 valence electrons. The summed E-state index contributed by atoms with van der Waals surface area (Å²) in [6.45, 7) is 1.60. The predicted octanol–water partition coefficient (Wildman–Crippen LogP) is -8.36. The maximum Gasteiger partial charge on any atom is 0.326 e. The van der Waals surface area contributed by atoms with Gasteiger partial charge in [0, 0.05) is 37.8 Å². The second-order valence-electron chi connectivity index (χ2n) is 17.5. The van der Waals surface area contributed by atoms with Gasteiger partial charge in [0.05, 0.1) is 24.9 Å². The van der Waals surface area contributed by atoms with E-state index in [0.29, 0.717) is 18.5 Å². The lowest BCUT2D eigenvalue weighted by Gasteiger charge is -2.28. The van der Waals surface area contributed by atoms with E-state index in [-0.39, 0.29) is 109 Å². The zero-order chi connectivity index (χ0) is 56.6. The van der Waals surface area contributed by atoms with Crippen molar-refractivity contribution in [1.82, 2.24) is 47.2 Å². The van der Waals surface area contributed by atoms with Crippen molar-refractivity contribution < 1.29 is 58.2 Å². The Morgan fingerprint density at radius 2 is 0.973 bits per heavy atom. The first-order valence-electron chi connectivity index (χ1n) is 24.2. The number of aromatic nitrogens is 2. The molecule has 9 unspecified atom stereocenters. The standard InChI is InChI=1S/C43H78N20O12/c1-22(64)33(63-38(71)28(11-7-17-55-43(51)52)57-34(67)24(46)12-13-31(47)65)40(73)60-26(9-3-5-15-45)35(68)59-27(10-6-16-54-42(49)50)36(69)58-25(8-2-4-14-44)37(70)61-29(18-23-20-53-21-56-23)39(72)62-30(41(74)75)19-32(48)66/h20-22,24-30,33,64H,2-19,44-46H2,1H3,(H2,47,65)(H2,48,66)(H,53,56)(H,57,67)(H,58,69)(H,59,68)(H,60,73)(H,61,70)(H,62,72)(H,63,71)(H,74,75)(H4,49,50,54)(H4,51,52,55). The van der Waals surface area contributed by atoms with E-state index < -0.39 is 120 Å². The molecule has 32 heteroatoms. The number of unbranched alkanes of at least 4 members (excludes halogenated alkanes) is 2.